The van der Waals surface area contributed by atoms with Crippen molar-refractivity contribution in [1.29, 1.82) is 0 Å². The Hall–Kier alpha value is -2.40. The Balaban J connectivity index is 0.00000256. The van der Waals surface area contributed by atoms with Crippen LogP contribution in [0.2, 0.25) is 0 Å². The van der Waals surface area contributed by atoms with Gasteiger partial charge >= 0.3 is 0 Å². The van der Waals surface area contributed by atoms with E-state index in [1.54, 1.807) is 17.5 Å². The lowest BCUT2D eigenvalue weighted by atomic mass is 10.2. The van der Waals surface area contributed by atoms with Gasteiger partial charge in [-0.3, -0.25) is 4.98 Å². The molecule has 1 aliphatic rings. The first kappa shape index (κ1) is 22.3. The first-order valence-corrected chi connectivity index (χ1v) is 10.5. The molecule has 158 valence electrons. The van der Waals surface area contributed by atoms with Gasteiger partial charge in [-0.25, -0.2) is 9.98 Å². The second-order valence-electron chi connectivity index (χ2n) is 6.72. The number of halogens is 1. The van der Waals surface area contributed by atoms with Crippen LogP contribution in [-0.4, -0.2) is 47.0 Å². The standard InChI is InChI=1S/C21H24N6OS.HI/c22-20(26-10-12-27(13-11-26)21-24-9-14-29-21)25-15-17-4-6-19(7-5-17)28-16-18-3-1-2-8-23-18;/h1-9,14H,10-13,15-16H2,(H2,22,25);1H. The molecule has 2 N–H and O–H groups in total. The van der Waals surface area contributed by atoms with Gasteiger partial charge in [0.15, 0.2) is 11.1 Å². The van der Waals surface area contributed by atoms with Crippen molar-refractivity contribution in [2.75, 3.05) is 31.1 Å². The topological polar surface area (TPSA) is 79.9 Å². The van der Waals surface area contributed by atoms with Crippen molar-refractivity contribution in [2.45, 2.75) is 13.2 Å². The molecule has 1 saturated heterocycles. The number of rotatable bonds is 6. The van der Waals surface area contributed by atoms with Gasteiger partial charge in [0.25, 0.3) is 0 Å². The number of ether oxygens (including phenoxy) is 1. The van der Waals surface area contributed by atoms with Crippen molar-refractivity contribution in [2.24, 2.45) is 10.7 Å². The molecule has 1 aliphatic heterocycles. The molecule has 1 aromatic carbocycles. The monoisotopic (exact) mass is 536 g/mol. The number of aromatic nitrogens is 2. The van der Waals surface area contributed by atoms with Crippen LogP contribution >= 0.6 is 35.3 Å². The molecule has 0 radical (unpaired) electrons. The average Bonchev–Trinajstić information content (AvgIpc) is 3.33. The summed E-state index contributed by atoms with van der Waals surface area (Å²) in [5.74, 6) is 1.41. The SMILES string of the molecule is I.NC(=NCc1ccc(OCc2ccccn2)cc1)N1CCN(c2nccs2)CC1. The first-order chi connectivity index (χ1) is 14.3. The van der Waals surface area contributed by atoms with Gasteiger partial charge in [-0.1, -0.05) is 18.2 Å². The molecule has 3 aromatic rings. The highest BCUT2D eigenvalue weighted by molar-refractivity contribution is 14.0. The average molecular weight is 536 g/mol. The van der Waals surface area contributed by atoms with Crippen LogP contribution in [0, 0.1) is 0 Å². The number of hydrogen-bond donors (Lipinski definition) is 1. The lowest BCUT2D eigenvalue weighted by Crippen LogP contribution is -2.51. The number of hydrogen-bond acceptors (Lipinski definition) is 6. The summed E-state index contributed by atoms with van der Waals surface area (Å²) < 4.78 is 5.77. The molecule has 0 bridgehead atoms. The highest BCUT2D eigenvalue weighted by Gasteiger charge is 2.19. The van der Waals surface area contributed by atoms with Crippen LogP contribution < -0.4 is 15.4 Å². The number of aliphatic imine (C=N–C) groups is 1. The molecule has 3 heterocycles. The van der Waals surface area contributed by atoms with Crippen molar-refractivity contribution in [3.63, 3.8) is 0 Å². The van der Waals surface area contributed by atoms with Gasteiger partial charge in [-0.2, -0.15) is 0 Å². The molecule has 9 heteroatoms. The van der Waals surface area contributed by atoms with E-state index in [0.717, 1.165) is 48.3 Å². The molecular formula is C21H25IN6OS. The van der Waals surface area contributed by atoms with Gasteiger partial charge in [0.05, 0.1) is 12.2 Å². The van der Waals surface area contributed by atoms with Gasteiger partial charge in [-0.05, 0) is 29.8 Å². The lowest BCUT2D eigenvalue weighted by Gasteiger charge is -2.35. The fraction of sp³-hybridized carbons (Fsp3) is 0.286. The predicted octanol–water partition coefficient (Wildman–Crippen LogP) is 3.37. The largest absolute Gasteiger partial charge is 0.487 e. The van der Waals surface area contributed by atoms with Crippen LogP contribution in [0.25, 0.3) is 0 Å². The zero-order valence-corrected chi connectivity index (χ0v) is 19.7. The minimum atomic E-state index is 0. The quantitative estimate of drug-likeness (QED) is 0.296. The molecule has 0 aliphatic carbocycles. The van der Waals surface area contributed by atoms with Crippen LogP contribution in [-0.2, 0) is 13.2 Å². The Bertz CT molecular complexity index is 912. The zero-order valence-electron chi connectivity index (χ0n) is 16.6. The summed E-state index contributed by atoms with van der Waals surface area (Å²) in [4.78, 5) is 17.6. The van der Waals surface area contributed by atoms with E-state index in [1.165, 1.54) is 0 Å². The molecular weight excluding hydrogens is 511 g/mol. The number of guanidine groups is 1. The fourth-order valence-electron chi connectivity index (χ4n) is 3.10. The van der Waals surface area contributed by atoms with Crippen LogP contribution in [0.1, 0.15) is 11.3 Å². The fourth-order valence-corrected chi connectivity index (χ4v) is 3.80. The summed E-state index contributed by atoms with van der Waals surface area (Å²) in [7, 11) is 0. The number of thiazole rings is 1. The van der Waals surface area contributed by atoms with Crippen molar-refractivity contribution in [3.8, 4) is 5.75 Å². The third kappa shape index (κ3) is 6.05. The number of piperazine rings is 1. The van der Waals surface area contributed by atoms with E-state index in [9.17, 15) is 0 Å². The summed E-state index contributed by atoms with van der Waals surface area (Å²) in [6.07, 6.45) is 3.61. The molecule has 0 spiro atoms. The number of benzene rings is 1. The molecule has 1 fully saturated rings. The normalized spacial score (nSPS) is 14.3. The zero-order chi connectivity index (χ0) is 19.9. The van der Waals surface area contributed by atoms with Crippen LogP contribution in [0.4, 0.5) is 5.13 Å². The minimum absolute atomic E-state index is 0. The van der Waals surface area contributed by atoms with E-state index in [-0.39, 0.29) is 24.0 Å². The summed E-state index contributed by atoms with van der Waals surface area (Å²) >= 11 is 1.67. The molecule has 0 saturated carbocycles. The summed E-state index contributed by atoms with van der Waals surface area (Å²) in [6.45, 7) is 4.54. The number of pyridine rings is 1. The van der Waals surface area contributed by atoms with Gasteiger partial charge in [0.1, 0.15) is 12.4 Å². The highest BCUT2D eigenvalue weighted by atomic mass is 127. The molecule has 7 nitrogen and oxygen atoms in total. The van der Waals surface area contributed by atoms with Crippen LogP contribution in [0.15, 0.2) is 65.2 Å². The Labute approximate surface area is 197 Å². The van der Waals surface area contributed by atoms with E-state index in [2.05, 4.69) is 24.8 Å². The van der Waals surface area contributed by atoms with Crippen LogP contribution in [0.3, 0.4) is 0 Å². The minimum Gasteiger partial charge on any atom is -0.487 e. The van der Waals surface area contributed by atoms with Gasteiger partial charge in [0, 0.05) is 44.0 Å². The van der Waals surface area contributed by atoms with E-state index in [4.69, 9.17) is 10.5 Å². The second kappa shape index (κ2) is 11.1. The molecule has 4 rings (SSSR count). The Morgan fingerprint density at radius 1 is 1.03 bits per heavy atom. The predicted molar refractivity (Wildman–Crippen MR) is 132 cm³/mol. The van der Waals surface area contributed by atoms with Gasteiger partial charge < -0.3 is 20.3 Å². The smallest absolute Gasteiger partial charge is 0.191 e. The molecule has 0 unspecified atom stereocenters. The van der Waals surface area contributed by atoms with E-state index < -0.39 is 0 Å². The Morgan fingerprint density at radius 2 is 1.83 bits per heavy atom. The summed E-state index contributed by atoms with van der Waals surface area (Å²) in [5.41, 5.74) is 8.22. The van der Waals surface area contributed by atoms with E-state index in [1.807, 2.05) is 54.0 Å². The first-order valence-electron chi connectivity index (χ1n) is 9.59. The lowest BCUT2D eigenvalue weighted by molar-refractivity contribution is 0.301. The second-order valence-corrected chi connectivity index (χ2v) is 7.59. The van der Waals surface area contributed by atoms with Crippen molar-refractivity contribution in [1.82, 2.24) is 14.9 Å². The van der Waals surface area contributed by atoms with Crippen LogP contribution in [0.5, 0.6) is 5.75 Å². The van der Waals surface area contributed by atoms with Crippen molar-refractivity contribution < 1.29 is 4.74 Å². The Morgan fingerprint density at radius 3 is 2.50 bits per heavy atom. The highest BCUT2D eigenvalue weighted by Crippen LogP contribution is 2.19. The number of nitrogens with two attached hydrogens (primary N) is 1. The molecule has 0 atom stereocenters. The maximum absolute atomic E-state index is 6.22. The molecule has 0 amide bonds. The Kier molecular flexibility index (Phi) is 8.26. The number of anilines is 1. The molecule has 30 heavy (non-hydrogen) atoms. The van der Waals surface area contributed by atoms with Crippen molar-refractivity contribution >= 4 is 46.4 Å². The van der Waals surface area contributed by atoms with E-state index in [0.29, 0.717) is 19.1 Å². The summed E-state index contributed by atoms with van der Waals surface area (Å²) in [5, 5.41) is 3.08. The molecule has 2 aromatic heterocycles. The maximum atomic E-state index is 6.22. The van der Waals surface area contributed by atoms with Gasteiger partial charge in [0.2, 0.25) is 0 Å². The maximum Gasteiger partial charge on any atom is 0.191 e. The van der Waals surface area contributed by atoms with E-state index >= 15 is 0 Å². The summed E-state index contributed by atoms with van der Waals surface area (Å²) in [6, 6.07) is 13.7. The third-order valence-corrected chi connectivity index (χ3v) is 5.59. The van der Waals surface area contributed by atoms with Crippen molar-refractivity contribution in [3.05, 3.63) is 71.5 Å². The third-order valence-electron chi connectivity index (χ3n) is 4.75. The van der Waals surface area contributed by atoms with Gasteiger partial charge in [-0.15, -0.1) is 35.3 Å². The number of nitrogens with zero attached hydrogens (tertiary/aromatic N) is 5.